The van der Waals surface area contributed by atoms with Crippen molar-refractivity contribution in [2.45, 2.75) is 17.4 Å². The van der Waals surface area contributed by atoms with E-state index < -0.39 is 16.1 Å². The molecule has 0 saturated carbocycles. The molecular formula is C14H15NO3S. The summed E-state index contributed by atoms with van der Waals surface area (Å²) in [5.41, 5.74) is 0. The standard InChI is InChI=1S/C14H15NO3S/c16-12-8-9-15(10-12)19(17,18)14-7-3-5-11-4-1-2-6-13(11)14/h1-7,12,16H,8-10H2/t12-/m1/s1. The summed E-state index contributed by atoms with van der Waals surface area (Å²) >= 11 is 0. The van der Waals surface area contributed by atoms with Crippen molar-refractivity contribution in [2.24, 2.45) is 0 Å². The second kappa shape index (κ2) is 4.59. The van der Waals surface area contributed by atoms with Gasteiger partial charge in [-0.3, -0.25) is 0 Å². The third-order valence-corrected chi connectivity index (χ3v) is 5.42. The lowest BCUT2D eigenvalue weighted by molar-refractivity contribution is 0.189. The van der Waals surface area contributed by atoms with Crippen LogP contribution in [0.5, 0.6) is 0 Å². The number of rotatable bonds is 2. The number of aliphatic hydroxyl groups is 1. The summed E-state index contributed by atoms with van der Waals surface area (Å²) in [5.74, 6) is 0. The molecule has 3 rings (SSSR count). The molecule has 1 saturated heterocycles. The van der Waals surface area contributed by atoms with Crippen LogP contribution in [0.1, 0.15) is 6.42 Å². The van der Waals surface area contributed by atoms with E-state index in [9.17, 15) is 13.5 Å². The summed E-state index contributed by atoms with van der Waals surface area (Å²) in [5, 5.41) is 11.2. The molecule has 0 bridgehead atoms. The van der Waals surface area contributed by atoms with Crippen LogP contribution in [0, 0.1) is 0 Å². The molecule has 1 aliphatic heterocycles. The van der Waals surface area contributed by atoms with Crippen LogP contribution in [-0.4, -0.2) is 37.0 Å². The van der Waals surface area contributed by atoms with E-state index in [1.54, 1.807) is 12.1 Å². The quantitative estimate of drug-likeness (QED) is 0.907. The molecule has 1 heterocycles. The first-order valence-corrected chi connectivity index (χ1v) is 7.69. The van der Waals surface area contributed by atoms with E-state index in [0.717, 1.165) is 10.8 Å². The smallest absolute Gasteiger partial charge is 0.243 e. The molecular weight excluding hydrogens is 262 g/mol. The Morgan fingerprint density at radius 3 is 2.58 bits per heavy atom. The summed E-state index contributed by atoms with van der Waals surface area (Å²) in [6, 6.07) is 12.7. The molecule has 1 atom stereocenters. The summed E-state index contributed by atoms with van der Waals surface area (Å²) in [4.78, 5) is 0.319. The minimum absolute atomic E-state index is 0.186. The van der Waals surface area contributed by atoms with Gasteiger partial charge in [0.15, 0.2) is 0 Å². The van der Waals surface area contributed by atoms with Gasteiger partial charge in [-0.05, 0) is 17.9 Å². The van der Waals surface area contributed by atoms with Gasteiger partial charge in [-0.15, -0.1) is 0 Å². The SMILES string of the molecule is O=S(=O)(c1cccc2ccccc12)N1CC[C@@H](O)C1. The second-order valence-corrected chi connectivity index (χ2v) is 6.69. The molecule has 1 aliphatic rings. The molecule has 1 fully saturated rings. The first-order valence-electron chi connectivity index (χ1n) is 6.25. The number of benzene rings is 2. The van der Waals surface area contributed by atoms with Crippen molar-refractivity contribution in [3.8, 4) is 0 Å². The number of hydrogen-bond acceptors (Lipinski definition) is 3. The van der Waals surface area contributed by atoms with Crippen LogP contribution in [0.25, 0.3) is 10.8 Å². The van der Waals surface area contributed by atoms with Gasteiger partial charge in [0.1, 0.15) is 0 Å². The average molecular weight is 277 g/mol. The van der Waals surface area contributed by atoms with Gasteiger partial charge in [-0.25, -0.2) is 8.42 Å². The molecule has 2 aromatic rings. The molecule has 0 amide bonds. The lowest BCUT2D eigenvalue weighted by Gasteiger charge is -2.17. The summed E-state index contributed by atoms with van der Waals surface area (Å²) < 4.78 is 26.6. The van der Waals surface area contributed by atoms with E-state index in [1.165, 1.54) is 4.31 Å². The molecule has 4 nitrogen and oxygen atoms in total. The van der Waals surface area contributed by atoms with E-state index in [0.29, 0.717) is 17.9 Å². The molecule has 2 aromatic carbocycles. The fourth-order valence-corrected chi connectivity index (χ4v) is 4.20. The van der Waals surface area contributed by atoms with Crippen molar-refractivity contribution in [2.75, 3.05) is 13.1 Å². The van der Waals surface area contributed by atoms with Crippen LogP contribution in [0.4, 0.5) is 0 Å². The Morgan fingerprint density at radius 1 is 1.11 bits per heavy atom. The fraction of sp³-hybridized carbons (Fsp3) is 0.286. The van der Waals surface area contributed by atoms with E-state index in [1.807, 2.05) is 30.3 Å². The summed E-state index contributed by atoms with van der Waals surface area (Å²) in [6.45, 7) is 0.568. The lowest BCUT2D eigenvalue weighted by atomic mass is 10.1. The molecule has 5 heteroatoms. The molecule has 0 aromatic heterocycles. The first kappa shape index (κ1) is 12.6. The summed E-state index contributed by atoms with van der Waals surface area (Å²) in [6.07, 6.45) is -0.0472. The fourth-order valence-electron chi connectivity index (χ4n) is 2.49. The zero-order valence-electron chi connectivity index (χ0n) is 10.4. The van der Waals surface area contributed by atoms with Gasteiger partial charge in [0.05, 0.1) is 11.0 Å². The van der Waals surface area contributed by atoms with Gasteiger partial charge in [0.2, 0.25) is 10.0 Å². The summed E-state index contributed by atoms with van der Waals surface area (Å²) in [7, 11) is -3.52. The lowest BCUT2D eigenvalue weighted by Crippen LogP contribution is -2.29. The zero-order chi connectivity index (χ0) is 13.5. The first-order chi connectivity index (χ1) is 9.09. The van der Waals surface area contributed by atoms with Gasteiger partial charge in [-0.2, -0.15) is 4.31 Å². The average Bonchev–Trinajstić information content (AvgIpc) is 2.85. The van der Waals surface area contributed by atoms with Gasteiger partial charge >= 0.3 is 0 Å². The van der Waals surface area contributed by atoms with Crippen LogP contribution in [-0.2, 0) is 10.0 Å². The van der Waals surface area contributed by atoms with Crippen LogP contribution in [0.15, 0.2) is 47.4 Å². The highest BCUT2D eigenvalue weighted by Gasteiger charge is 2.32. The molecule has 0 radical (unpaired) electrons. The maximum Gasteiger partial charge on any atom is 0.243 e. The Balaban J connectivity index is 2.14. The van der Waals surface area contributed by atoms with E-state index in [-0.39, 0.29) is 6.54 Å². The van der Waals surface area contributed by atoms with Gasteiger partial charge in [-0.1, -0.05) is 36.4 Å². The van der Waals surface area contributed by atoms with Crippen LogP contribution in [0.2, 0.25) is 0 Å². The number of aliphatic hydroxyl groups excluding tert-OH is 1. The van der Waals surface area contributed by atoms with Gasteiger partial charge < -0.3 is 5.11 Å². The second-order valence-electron chi connectivity index (χ2n) is 4.78. The van der Waals surface area contributed by atoms with E-state index in [4.69, 9.17) is 0 Å². The highest BCUT2D eigenvalue weighted by molar-refractivity contribution is 7.89. The Hall–Kier alpha value is -1.43. The normalized spacial score (nSPS) is 21.0. The van der Waals surface area contributed by atoms with Crippen molar-refractivity contribution in [1.82, 2.24) is 4.31 Å². The van der Waals surface area contributed by atoms with Crippen molar-refractivity contribution in [3.63, 3.8) is 0 Å². The van der Waals surface area contributed by atoms with Crippen LogP contribution in [0.3, 0.4) is 0 Å². The zero-order valence-corrected chi connectivity index (χ0v) is 11.2. The van der Waals surface area contributed by atoms with E-state index in [2.05, 4.69) is 0 Å². The number of sulfonamides is 1. The minimum Gasteiger partial charge on any atom is -0.392 e. The minimum atomic E-state index is -3.52. The van der Waals surface area contributed by atoms with Crippen LogP contribution >= 0.6 is 0 Å². The number of hydrogen-bond donors (Lipinski definition) is 1. The third kappa shape index (κ3) is 2.14. The van der Waals surface area contributed by atoms with E-state index >= 15 is 0 Å². The predicted molar refractivity (Wildman–Crippen MR) is 73.3 cm³/mol. The third-order valence-electron chi connectivity index (χ3n) is 3.49. The van der Waals surface area contributed by atoms with Crippen molar-refractivity contribution >= 4 is 20.8 Å². The molecule has 1 N–H and O–H groups in total. The Labute approximate surface area is 112 Å². The Kier molecular flexibility index (Phi) is 3.05. The highest BCUT2D eigenvalue weighted by atomic mass is 32.2. The number of fused-ring (bicyclic) bond motifs is 1. The van der Waals surface area contributed by atoms with Crippen molar-refractivity contribution < 1.29 is 13.5 Å². The predicted octanol–water partition coefficient (Wildman–Crippen LogP) is 1.60. The molecule has 100 valence electrons. The highest BCUT2D eigenvalue weighted by Crippen LogP contribution is 2.27. The molecule has 0 unspecified atom stereocenters. The maximum atomic E-state index is 12.6. The van der Waals surface area contributed by atoms with Gasteiger partial charge in [0, 0.05) is 18.5 Å². The number of nitrogens with zero attached hydrogens (tertiary/aromatic N) is 1. The number of β-amino-alcohol motifs (C(OH)–C–C–N with tert-alkyl or cyclic N) is 1. The van der Waals surface area contributed by atoms with Gasteiger partial charge in [0.25, 0.3) is 0 Å². The van der Waals surface area contributed by atoms with Crippen molar-refractivity contribution in [1.29, 1.82) is 0 Å². The topological polar surface area (TPSA) is 57.6 Å². The molecule has 0 spiro atoms. The Bertz CT molecular complexity index is 706. The Morgan fingerprint density at radius 2 is 1.84 bits per heavy atom. The monoisotopic (exact) mass is 277 g/mol. The molecule has 19 heavy (non-hydrogen) atoms. The molecule has 0 aliphatic carbocycles. The van der Waals surface area contributed by atoms with Crippen molar-refractivity contribution in [3.05, 3.63) is 42.5 Å². The largest absolute Gasteiger partial charge is 0.392 e. The van der Waals surface area contributed by atoms with Crippen LogP contribution < -0.4 is 0 Å². The maximum absolute atomic E-state index is 12.6.